The number of amides is 2. The molecule has 1 heterocycles. The summed E-state index contributed by atoms with van der Waals surface area (Å²) in [5, 5.41) is 7.24. The maximum Gasteiger partial charge on any atom is 0.261 e. The van der Waals surface area contributed by atoms with Crippen molar-refractivity contribution in [2.45, 2.75) is 13.0 Å². The number of nitrogens with one attached hydrogen (secondary N) is 2. The molecule has 0 saturated heterocycles. The first kappa shape index (κ1) is 17.8. The fourth-order valence-electron chi connectivity index (χ4n) is 2.20. The molecule has 2 amide bonds. The van der Waals surface area contributed by atoms with Crippen molar-refractivity contribution in [2.75, 3.05) is 20.8 Å². The van der Waals surface area contributed by atoms with Gasteiger partial charge in [-0.05, 0) is 36.6 Å². The molecule has 0 bridgehead atoms. The molecule has 0 aliphatic carbocycles. The first-order valence-electron chi connectivity index (χ1n) is 7.38. The smallest absolute Gasteiger partial charge is 0.261 e. The molecule has 128 valence electrons. The lowest BCUT2D eigenvalue weighted by molar-refractivity contribution is -0.120. The monoisotopic (exact) mass is 348 g/mol. The van der Waals surface area contributed by atoms with E-state index in [0.717, 1.165) is 5.56 Å². The van der Waals surface area contributed by atoms with Crippen LogP contribution in [0.5, 0.6) is 11.5 Å². The highest BCUT2D eigenvalue weighted by molar-refractivity contribution is 7.12. The van der Waals surface area contributed by atoms with Gasteiger partial charge in [0.2, 0.25) is 5.91 Å². The van der Waals surface area contributed by atoms with Crippen molar-refractivity contribution in [3.63, 3.8) is 0 Å². The molecule has 0 radical (unpaired) electrons. The summed E-state index contributed by atoms with van der Waals surface area (Å²) in [6.07, 6.45) is 0. The van der Waals surface area contributed by atoms with Gasteiger partial charge in [-0.15, -0.1) is 11.3 Å². The number of benzene rings is 1. The number of rotatable bonds is 7. The Morgan fingerprint density at radius 1 is 1.21 bits per heavy atom. The summed E-state index contributed by atoms with van der Waals surface area (Å²) in [7, 11) is 3.15. The zero-order chi connectivity index (χ0) is 17.5. The second-order valence-electron chi connectivity index (χ2n) is 5.06. The molecule has 0 aliphatic rings. The van der Waals surface area contributed by atoms with Gasteiger partial charge in [-0.1, -0.05) is 6.07 Å². The minimum absolute atomic E-state index is 0.0899. The van der Waals surface area contributed by atoms with Gasteiger partial charge in [0.05, 0.1) is 31.7 Å². The number of hydrogen-bond donors (Lipinski definition) is 2. The Balaban J connectivity index is 1.95. The number of thiophene rings is 1. The highest BCUT2D eigenvalue weighted by Crippen LogP contribution is 2.29. The van der Waals surface area contributed by atoms with Crippen molar-refractivity contribution < 1.29 is 19.1 Å². The van der Waals surface area contributed by atoms with E-state index in [9.17, 15) is 9.59 Å². The summed E-state index contributed by atoms with van der Waals surface area (Å²) >= 11 is 1.33. The Bertz CT molecular complexity index is 701. The Morgan fingerprint density at radius 2 is 2.00 bits per heavy atom. The van der Waals surface area contributed by atoms with Crippen LogP contribution < -0.4 is 20.1 Å². The summed E-state index contributed by atoms with van der Waals surface area (Å²) < 4.78 is 10.5. The van der Waals surface area contributed by atoms with Crippen molar-refractivity contribution in [3.05, 3.63) is 46.2 Å². The van der Waals surface area contributed by atoms with Crippen LogP contribution in [-0.4, -0.2) is 32.6 Å². The van der Waals surface area contributed by atoms with Crippen molar-refractivity contribution >= 4 is 23.2 Å². The third-order valence-electron chi connectivity index (χ3n) is 3.44. The van der Waals surface area contributed by atoms with Gasteiger partial charge in [0, 0.05) is 5.56 Å². The van der Waals surface area contributed by atoms with Crippen LogP contribution in [-0.2, 0) is 4.79 Å². The second kappa shape index (κ2) is 8.35. The van der Waals surface area contributed by atoms with Crippen LogP contribution in [0.4, 0.5) is 0 Å². The van der Waals surface area contributed by atoms with E-state index in [-0.39, 0.29) is 24.4 Å². The van der Waals surface area contributed by atoms with E-state index in [4.69, 9.17) is 9.47 Å². The maximum atomic E-state index is 12.1. The van der Waals surface area contributed by atoms with Gasteiger partial charge in [-0.2, -0.15) is 0 Å². The van der Waals surface area contributed by atoms with E-state index in [1.807, 2.05) is 18.4 Å². The lowest BCUT2D eigenvalue weighted by Crippen LogP contribution is -2.37. The number of hydrogen-bond acceptors (Lipinski definition) is 5. The van der Waals surface area contributed by atoms with Crippen molar-refractivity contribution in [1.29, 1.82) is 0 Å². The van der Waals surface area contributed by atoms with Gasteiger partial charge in [-0.3, -0.25) is 9.59 Å². The van der Waals surface area contributed by atoms with E-state index in [2.05, 4.69) is 10.6 Å². The molecule has 2 rings (SSSR count). The van der Waals surface area contributed by atoms with Crippen molar-refractivity contribution in [3.8, 4) is 11.5 Å². The van der Waals surface area contributed by atoms with Crippen LogP contribution in [0.25, 0.3) is 0 Å². The first-order chi connectivity index (χ1) is 11.5. The molecule has 0 spiro atoms. The number of carbonyl (C=O) groups excluding carboxylic acids is 2. The average Bonchev–Trinajstić information content (AvgIpc) is 3.13. The summed E-state index contributed by atoms with van der Waals surface area (Å²) in [6, 6.07) is 8.60. The van der Waals surface area contributed by atoms with Gasteiger partial charge < -0.3 is 20.1 Å². The number of ether oxygens (including phenoxy) is 2. The lowest BCUT2D eigenvalue weighted by atomic mass is 10.1. The number of carbonyl (C=O) groups is 2. The normalized spacial score (nSPS) is 11.5. The minimum Gasteiger partial charge on any atom is -0.497 e. The first-order valence-corrected chi connectivity index (χ1v) is 8.26. The quantitative estimate of drug-likeness (QED) is 0.805. The van der Waals surface area contributed by atoms with E-state index in [0.29, 0.717) is 16.4 Å². The minimum atomic E-state index is -0.291. The molecule has 0 saturated carbocycles. The second-order valence-corrected chi connectivity index (χ2v) is 6.00. The standard InChI is InChI=1S/C17H20N2O4S/c1-11(13-9-12(22-2)6-7-14(13)23-3)19-16(20)10-18-17(21)15-5-4-8-24-15/h4-9,11H,10H2,1-3H3,(H,18,21)(H,19,20). The third kappa shape index (κ3) is 4.48. The van der Waals surface area contributed by atoms with E-state index in [1.54, 1.807) is 38.5 Å². The summed E-state index contributed by atoms with van der Waals surface area (Å²) in [5.74, 6) is 0.799. The average molecular weight is 348 g/mol. The van der Waals surface area contributed by atoms with E-state index < -0.39 is 0 Å². The molecule has 6 nitrogen and oxygen atoms in total. The highest BCUT2D eigenvalue weighted by atomic mass is 32.1. The molecule has 0 aliphatic heterocycles. The fourth-order valence-corrected chi connectivity index (χ4v) is 2.84. The molecule has 1 unspecified atom stereocenters. The molecule has 1 aromatic heterocycles. The molecule has 1 aromatic carbocycles. The number of methoxy groups -OCH3 is 2. The van der Waals surface area contributed by atoms with E-state index in [1.165, 1.54) is 11.3 Å². The van der Waals surface area contributed by atoms with Gasteiger partial charge in [-0.25, -0.2) is 0 Å². The van der Waals surface area contributed by atoms with Gasteiger partial charge in [0.25, 0.3) is 5.91 Å². The largest absolute Gasteiger partial charge is 0.497 e. The SMILES string of the molecule is COc1ccc(OC)c(C(C)NC(=O)CNC(=O)c2cccs2)c1. The molecule has 7 heteroatoms. The predicted molar refractivity (Wildman–Crippen MR) is 92.8 cm³/mol. The van der Waals surface area contributed by atoms with E-state index >= 15 is 0 Å². The zero-order valence-electron chi connectivity index (χ0n) is 13.8. The lowest BCUT2D eigenvalue weighted by Gasteiger charge is -2.18. The van der Waals surface area contributed by atoms with Crippen LogP contribution in [0.3, 0.4) is 0 Å². The Labute approximate surface area is 144 Å². The van der Waals surface area contributed by atoms with Crippen molar-refractivity contribution in [2.24, 2.45) is 0 Å². The summed E-state index contributed by atoms with van der Waals surface area (Å²) in [6.45, 7) is 1.75. The molecular formula is C17H20N2O4S. The summed E-state index contributed by atoms with van der Waals surface area (Å²) in [4.78, 5) is 24.5. The molecule has 1 atom stereocenters. The predicted octanol–water partition coefficient (Wildman–Crippen LogP) is 2.37. The van der Waals surface area contributed by atoms with Gasteiger partial charge in [0.15, 0.2) is 0 Å². The molecule has 0 fully saturated rings. The molecular weight excluding hydrogens is 328 g/mol. The zero-order valence-corrected chi connectivity index (χ0v) is 14.6. The van der Waals surface area contributed by atoms with Crippen LogP contribution in [0.2, 0.25) is 0 Å². The third-order valence-corrected chi connectivity index (χ3v) is 4.30. The topological polar surface area (TPSA) is 76.7 Å². The van der Waals surface area contributed by atoms with Crippen LogP contribution in [0, 0.1) is 0 Å². The van der Waals surface area contributed by atoms with Crippen LogP contribution in [0.1, 0.15) is 28.2 Å². The molecule has 24 heavy (non-hydrogen) atoms. The van der Waals surface area contributed by atoms with Gasteiger partial charge >= 0.3 is 0 Å². The molecule has 2 aromatic rings. The highest BCUT2D eigenvalue weighted by Gasteiger charge is 2.16. The Hall–Kier alpha value is -2.54. The Morgan fingerprint density at radius 3 is 2.62 bits per heavy atom. The molecule has 2 N–H and O–H groups in total. The van der Waals surface area contributed by atoms with Crippen molar-refractivity contribution in [1.82, 2.24) is 10.6 Å². The summed E-state index contributed by atoms with van der Waals surface area (Å²) in [5.41, 5.74) is 0.801. The van der Waals surface area contributed by atoms with Gasteiger partial charge in [0.1, 0.15) is 11.5 Å². The maximum absolute atomic E-state index is 12.1. The van der Waals surface area contributed by atoms with Crippen LogP contribution in [0.15, 0.2) is 35.7 Å². The fraction of sp³-hybridized carbons (Fsp3) is 0.294. The van der Waals surface area contributed by atoms with Crippen LogP contribution >= 0.6 is 11.3 Å². The Kier molecular flexibility index (Phi) is 6.20.